The van der Waals surface area contributed by atoms with Crippen molar-refractivity contribution in [3.63, 3.8) is 0 Å². The maximum absolute atomic E-state index is 4.41. The SMILES string of the molecule is CN1CCCC(c2nccn2C)C1. The van der Waals surface area contributed by atoms with E-state index in [0.717, 1.165) is 6.54 Å². The molecule has 1 aromatic heterocycles. The van der Waals surface area contributed by atoms with Crippen molar-refractivity contribution in [1.29, 1.82) is 0 Å². The average Bonchev–Trinajstić information content (AvgIpc) is 2.51. The quantitative estimate of drug-likeness (QED) is 0.646. The third-order valence-electron chi connectivity index (χ3n) is 2.85. The molecule has 3 heteroatoms. The molecule has 13 heavy (non-hydrogen) atoms. The number of likely N-dealkylation sites (N-methyl/N-ethyl adjacent to an activating group) is 1. The molecule has 2 heterocycles. The summed E-state index contributed by atoms with van der Waals surface area (Å²) in [4.78, 5) is 6.80. The number of rotatable bonds is 1. The van der Waals surface area contributed by atoms with Gasteiger partial charge in [0.2, 0.25) is 0 Å². The number of hydrogen-bond acceptors (Lipinski definition) is 2. The van der Waals surface area contributed by atoms with E-state index < -0.39 is 0 Å². The molecule has 1 fully saturated rings. The first-order valence-corrected chi connectivity index (χ1v) is 4.93. The minimum atomic E-state index is 0.638. The van der Waals surface area contributed by atoms with E-state index in [0.29, 0.717) is 5.92 Å². The van der Waals surface area contributed by atoms with E-state index in [2.05, 4.69) is 28.5 Å². The van der Waals surface area contributed by atoms with Crippen LogP contribution in [0.25, 0.3) is 0 Å². The summed E-state index contributed by atoms with van der Waals surface area (Å²) in [5, 5.41) is 0. The number of likely N-dealkylation sites (tertiary alicyclic amines) is 1. The Morgan fingerprint density at radius 3 is 2.92 bits per heavy atom. The molecule has 0 N–H and O–H groups in total. The lowest BCUT2D eigenvalue weighted by Crippen LogP contribution is -2.31. The van der Waals surface area contributed by atoms with Crippen molar-refractivity contribution >= 4 is 0 Å². The zero-order valence-electron chi connectivity index (χ0n) is 8.40. The van der Waals surface area contributed by atoms with Crippen LogP contribution in [0.1, 0.15) is 24.6 Å². The van der Waals surface area contributed by atoms with Crippen LogP contribution in [0.2, 0.25) is 0 Å². The van der Waals surface area contributed by atoms with Gasteiger partial charge in [-0.1, -0.05) is 0 Å². The molecule has 1 aromatic rings. The molecule has 3 nitrogen and oxygen atoms in total. The van der Waals surface area contributed by atoms with E-state index in [9.17, 15) is 0 Å². The lowest BCUT2D eigenvalue weighted by atomic mass is 9.98. The minimum Gasteiger partial charge on any atom is -0.338 e. The highest BCUT2D eigenvalue weighted by Crippen LogP contribution is 2.24. The van der Waals surface area contributed by atoms with Gasteiger partial charge in [0.1, 0.15) is 5.82 Å². The van der Waals surface area contributed by atoms with E-state index in [-0.39, 0.29) is 0 Å². The zero-order chi connectivity index (χ0) is 9.26. The summed E-state index contributed by atoms with van der Waals surface area (Å²) in [5.41, 5.74) is 0. The van der Waals surface area contributed by atoms with Crippen LogP contribution in [0.5, 0.6) is 0 Å². The van der Waals surface area contributed by atoms with Gasteiger partial charge < -0.3 is 9.47 Å². The maximum Gasteiger partial charge on any atom is 0.112 e. The van der Waals surface area contributed by atoms with Crippen molar-refractivity contribution in [2.45, 2.75) is 18.8 Å². The number of hydrogen-bond donors (Lipinski definition) is 0. The first-order chi connectivity index (χ1) is 6.27. The van der Waals surface area contributed by atoms with Gasteiger partial charge in [0.05, 0.1) is 0 Å². The molecule has 2 rings (SSSR count). The Morgan fingerprint density at radius 2 is 2.31 bits per heavy atom. The van der Waals surface area contributed by atoms with E-state index >= 15 is 0 Å². The second-order valence-electron chi connectivity index (χ2n) is 4.00. The fraction of sp³-hybridized carbons (Fsp3) is 0.700. The van der Waals surface area contributed by atoms with Crippen molar-refractivity contribution in [2.24, 2.45) is 7.05 Å². The molecule has 0 radical (unpaired) electrons. The lowest BCUT2D eigenvalue weighted by molar-refractivity contribution is 0.244. The van der Waals surface area contributed by atoms with Crippen LogP contribution >= 0.6 is 0 Å². The van der Waals surface area contributed by atoms with Gasteiger partial charge in [-0.15, -0.1) is 0 Å². The molecular weight excluding hydrogens is 162 g/mol. The number of imidazole rings is 1. The highest BCUT2D eigenvalue weighted by molar-refractivity contribution is 5.02. The van der Waals surface area contributed by atoms with Crippen LogP contribution in [-0.4, -0.2) is 34.6 Å². The molecule has 72 valence electrons. The highest BCUT2D eigenvalue weighted by atomic mass is 15.1. The van der Waals surface area contributed by atoms with Gasteiger partial charge in [0, 0.05) is 31.9 Å². The number of aromatic nitrogens is 2. The lowest BCUT2D eigenvalue weighted by Gasteiger charge is -2.29. The molecule has 0 saturated carbocycles. The summed E-state index contributed by atoms with van der Waals surface area (Å²) in [6.45, 7) is 2.39. The smallest absolute Gasteiger partial charge is 0.112 e. The molecule has 0 aliphatic carbocycles. The minimum absolute atomic E-state index is 0.638. The van der Waals surface area contributed by atoms with E-state index in [1.54, 1.807) is 0 Å². The largest absolute Gasteiger partial charge is 0.338 e. The average molecular weight is 179 g/mol. The fourth-order valence-electron chi connectivity index (χ4n) is 2.15. The van der Waals surface area contributed by atoms with Gasteiger partial charge in [-0.2, -0.15) is 0 Å². The molecule has 1 aliphatic heterocycles. The van der Waals surface area contributed by atoms with E-state index in [1.807, 2.05) is 12.4 Å². The van der Waals surface area contributed by atoms with Crippen molar-refractivity contribution in [1.82, 2.24) is 14.5 Å². The van der Waals surface area contributed by atoms with Gasteiger partial charge in [-0.3, -0.25) is 0 Å². The zero-order valence-corrected chi connectivity index (χ0v) is 8.40. The second-order valence-corrected chi connectivity index (χ2v) is 4.00. The third kappa shape index (κ3) is 1.75. The van der Waals surface area contributed by atoms with Gasteiger partial charge in [0.25, 0.3) is 0 Å². The number of piperidine rings is 1. The van der Waals surface area contributed by atoms with Crippen molar-refractivity contribution in [3.05, 3.63) is 18.2 Å². The molecule has 0 spiro atoms. The Morgan fingerprint density at radius 1 is 1.46 bits per heavy atom. The van der Waals surface area contributed by atoms with Crippen LogP contribution in [0.4, 0.5) is 0 Å². The van der Waals surface area contributed by atoms with Gasteiger partial charge in [0.15, 0.2) is 0 Å². The summed E-state index contributed by atoms with van der Waals surface area (Å²) in [6, 6.07) is 0. The van der Waals surface area contributed by atoms with Crippen LogP contribution < -0.4 is 0 Å². The molecule has 0 bridgehead atoms. The number of aryl methyl sites for hydroxylation is 1. The van der Waals surface area contributed by atoms with Crippen LogP contribution in [0, 0.1) is 0 Å². The summed E-state index contributed by atoms with van der Waals surface area (Å²) < 4.78 is 2.14. The normalized spacial score (nSPS) is 24.9. The third-order valence-corrected chi connectivity index (χ3v) is 2.85. The highest BCUT2D eigenvalue weighted by Gasteiger charge is 2.21. The summed E-state index contributed by atoms with van der Waals surface area (Å²) >= 11 is 0. The molecule has 1 unspecified atom stereocenters. The summed E-state index contributed by atoms with van der Waals surface area (Å²) in [5.74, 6) is 1.88. The van der Waals surface area contributed by atoms with Crippen LogP contribution in [0.15, 0.2) is 12.4 Å². The first-order valence-electron chi connectivity index (χ1n) is 4.93. The second kappa shape index (κ2) is 3.50. The van der Waals surface area contributed by atoms with Gasteiger partial charge in [-0.25, -0.2) is 4.98 Å². The molecule has 1 aliphatic rings. The summed E-state index contributed by atoms with van der Waals surface area (Å²) in [6.07, 6.45) is 6.51. The maximum atomic E-state index is 4.41. The molecule has 1 saturated heterocycles. The Labute approximate surface area is 79.4 Å². The monoisotopic (exact) mass is 179 g/mol. The predicted molar refractivity (Wildman–Crippen MR) is 52.7 cm³/mol. The Hall–Kier alpha value is -0.830. The Kier molecular flexibility index (Phi) is 2.36. The Balaban J connectivity index is 2.12. The van der Waals surface area contributed by atoms with Gasteiger partial charge in [-0.05, 0) is 26.4 Å². The van der Waals surface area contributed by atoms with Gasteiger partial charge >= 0.3 is 0 Å². The van der Waals surface area contributed by atoms with Crippen LogP contribution in [-0.2, 0) is 7.05 Å². The molecular formula is C10H17N3. The molecule has 0 amide bonds. The van der Waals surface area contributed by atoms with Crippen molar-refractivity contribution in [3.8, 4) is 0 Å². The standard InChI is InChI=1S/C10H17N3/c1-12-6-3-4-9(8-12)10-11-5-7-13(10)2/h5,7,9H,3-4,6,8H2,1-2H3. The molecule has 1 atom stereocenters. The fourth-order valence-corrected chi connectivity index (χ4v) is 2.15. The predicted octanol–water partition coefficient (Wildman–Crippen LogP) is 1.23. The van der Waals surface area contributed by atoms with Crippen molar-refractivity contribution < 1.29 is 0 Å². The van der Waals surface area contributed by atoms with Crippen LogP contribution in [0.3, 0.4) is 0 Å². The van der Waals surface area contributed by atoms with E-state index in [1.165, 1.54) is 25.2 Å². The number of nitrogens with zero attached hydrogens (tertiary/aromatic N) is 3. The topological polar surface area (TPSA) is 21.1 Å². The molecule has 0 aromatic carbocycles. The van der Waals surface area contributed by atoms with Crippen molar-refractivity contribution in [2.75, 3.05) is 20.1 Å². The summed E-state index contributed by atoms with van der Waals surface area (Å²) in [7, 11) is 4.27. The Bertz CT molecular complexity index is 279. The first kappa shape index (κ1) is 8.75. The van der Waals surface area contributed by atoms with E-state index in [4.69, 9.17) is 0 Å².